The summed E-state index contributed by atoms with van der Waals surface area (Å²) in [5.74, 6) is 0.0491. The van der Waals surface area contributed by atoms with Crippen molar-refractivity contribution < 1.29 is 5.79 Å². The molecule has 3 heterocycles. The van der Waals surface area contributed by atoms with Gasteiger partial charge in [0.1, 0.15) is 23.0 Å². The Hall–Kier alpha value is -3.99. The average molecular weight is 405 g/mol. The molecule has 6 aromatic rings. The SMILES string of the molecule is [2H]C(C)(C)c1ccc2c(c1)oc1c(-c3nc4ncncc4n3-c3ccccc3)cccc12. The first-order chi connectivity index (χ1) is 15.5. The van der Waals surface area contributed by atoms with E-state index in [2.05, 4.69) is 20.6 Å². The summed E-state index contributed by atoms with van der Waals surface area (Å²) in [5, 5.41) is 2.04. The Labute approximate surface area is 180 Å². The number of nitrogens with zero attached hydrogens (tertiary/aromatic N) is 4. The third-order valence-corrected chi connectivity index (χ3v) is 5.67. The second kappa shape index (κ2) is 6.77. The number of aromatic nitrogens is 4. The summed E-state index contributed by atoms with van der Waals surface area (Å²) >= 11 is 0. The van der Waals surface area contributed by atoms with Gasteiger partial charge in [-0.05, 0) is 35.7 Å². The number of hydrogen-bond donors (Lipinski definition) is 0. The van der Waals surface area contributed by atoms with Crippen molar-refractivity contribution in [3.63, 3.8) is 0 Å². The van der Waals surface area contributed by atoms with E-state index in [1.54, 1.807) is 6.20 Å². The van der Waals surface area contributed by atoms with Gasteiger partial charge < -0.3 is 4.42 Å². The van der Waals surface area contributed by atoms with Gasteiger partial charge in [0.2, 0.25) is 0 Å². The molecule has 0 atom stereocenters. The standard InChI is InChI=1S/C26H20N4O/c1-16(2)17-11-12-19-20-9-6-10-21(24(20)31-23(19)13-17)26-29-25-22(14-27-15-28-25)30(26)18-7-4-3-5-8-18/h3-16H,1-2H3/i16D. The minimum atomic E-state index is -0.698. The van der Waals surface area contributed by atoms with E-state index < -0.39 is 5.89 Å². The molecule has 0 saturated heterocycles. The van der Waals surface area contributed by atoms with Crippen LogP contribution < -0.4 is 0 Å². The van der Waals surface area contributed by atoms with Gasteiger partial charge in [-0.15, -0.1) is 0 Å². The van der Waals surface area contributed by atoms with E-state index in [0.717, 1.165) is 50.1 Å². The van der Waals surface area contributed by atoms with Gasteiger partial charge in [0.25, 0.3) is 0 Å². The first-order valence-electron chi connectivity index (χ1n) is 10.7. The van der Waals surface area contributed by atoms with E-state index in [4.69, 9.17) is 10.8 Å². The third kappa shape index (κ3) is 2.74. The molecular weight excluding hydrogens is 384 g/mol. The zero-order chi connectivity index (χ0) is 21.9. The molecule has 0 radical (unpaired) electrons. The molecule has 3 aromatic heterocycles. The number of furan rings is 1. The zero-order valence-corrected chi connectivity index (χ0v) is 17.2. The molecule has 0 N–H and O–H groups in total. The van der Waals surface area contributed by atoms with Crippen LogP contribution in [-0.2, 0) is 0 Å². The van der Waals surface area contributed by atoms with Crippen LogP contribution in [0, 0.1) is 0 Å². The van der Waals surface area contributed by atoms with Crippen LogP contribution in [-0.4, -0.2) is 19.5 Å². The lowest BCUT2D eigenvalue weighted by molar-refractivity contribution is 0.667. The van der Waals surface area contributed by atoms with Gasteiger partial charge >= 0.3 is 0 Å². The number of fused-ring (bicyclic) bond motifs is 4. The summed E-state index contributed by atoms with van der Waals surface area (Å²) in [5.41, 5.74) is 5.77. The Morgan fingerprint density at radius 2 is 1.84 bits per heavy atom. The first-order valence-corrected chi connectivity index (χ1v) is 10.2. The Bertz CT molecular complexity index is 1610. The zero-order valence-electron chi connectivity index (χ0n) is 18.2. The van der Waals surface area contributed by atoms with E-state index in [-0.39, 0.29) is 0 Å². The summed E-state index contributed by atoms with van der Waals surface area (Å²) in [7, 11) is 0. The lowest BCUT2D eigenvalue weighted by atomic mass is 10.0. The summed E-state index contributed by atoms with van der Waals surface area (Å²) < 4.78 is 16.8. The van der Waals surface area contributed by atoms with Crippen LogP contribution in [0.3, 0.4) is 0 Å². The second-order valence-electron chi connectivity index (χ2n) is 7.83. The topological polar surface area (TPSA) is 56.7 Å². The van der Waals surface area contributed by atoms with Crippen LogP contribution in [0.5, 0.6) is 0 Å². The van der Waals surface area contributed by atoms with Gasteiger partial charge in [0, 0.05) is 17.8 Å². The molecule has 3 aromatic carbocycles. The van der Waals surface area contributed by atoms with E-state index in [9.17, 15) is 0 Å². The largest absolute Gasteiger partial charge is 0.455 e. The highest BCUT2D eigenvalue weighted by molar-refractivity contribution is 6.09. The lowest BCUT2D eigenvalue weighted by Gasteiger charge is -2.09. The summed E-state index contributed by atoms with van der Waals surface area (Å²) in [6.45, 7) is 3.76. The molecule has 0 spiro atoms. The van der Waals surface area contributed by atoms with Crippen molar-refractivity contribution in [1.29, 1.82) is 0 Å². The fourth-order valence-corrected chi connectivity index (χ4v) is 4.13. The minimum absolute atomic E-state index is 0.630. The van der Waals surface area contributed by atoms with Crippen molar-refractivity contribution in [1.82, 2.24) is 19.5 Å². The quantitative estimate of drug-likeness (QED) is 0.337. The average Bonchev–Trinajstić information content (AvgIpc) is 3.37. The van der Waals surface area contributed by atoms with Gasteiger partial charge in [0.15, 0.2) is 11.5 Å². The number of imidazole rings is 1. The van der Waals surface area contributed by atoms with Crippen LogP contribution in [0.2, 0.25) is 0 Å². The summed E-state index contributed by atoms with van der Waals surface area (Å²) in [4.78, 5) is 13.5. The van der Waals surface area contributed by atoms with Gasteiger partial charge in [-0.25, -0.2) is 15.0 Å². The van der Waals surface area contributed by atoms with Crippen molar-refractivity contribution in [3.8, 4) is 17.1 Å². The van der Waals surface area contributed by atoms with Gasteiger partial charge in [-0.2, -0.15) is 0 Å². The minimum Gasteiger partial charge on any atom is -0.455 e. The maximum Gasteiger partial charge on any atom is 0.181 e. The van der Waals surface area contributed by atoms with Crippen LogP contribution in [0.25, 0.3) is 50.2 Å². The highest BCUT2D eigenvalue weighted by Gasteiger charge is 2.20. The molecule has 5 nitrogen and oxygen atoms in total. The van der Waals surface area contributed by atoms with Gasteiger partial charge in [-0.1, -0.05) is 56.3 Å². The Kier molecular flexibility index (Phi) is 3.66. The smallest absolute Gasteiger partial charge is 0.181 e. The fraction of sp³-hybridized carbons (Fsp3) is 0.115. The summed E-state index contributed by atoms with van der Waals surface area (Å²) in [6, 6.07) is 22.2. The second-order valence-corrected chi connectivity index (χ2v) is 7.83. The molecule has 150 valence electrons. The normalized spacial score (nSPS) is 12.6. The number of rotatable bonds is 3. The molecule has 5 heteroatoms. The van der Waals surface area contributed by atoms with Crippen molar-refractivity contribution >= 4 is 33.1 Å². The Morgan fingerprint density at radius 1 is 0.968 bits per heavy atom. The lowest BCUT2D eigenvalue weighted by Crippen LogP contribution is -1.97. The van der Waals surface area contributed by atoms with E-state index in [1.165, 1.54) is 6.33 Å². The predicted molar refractivity (Wildman–Crippen MR) is 123 cm³/mol. The van der Waals surface area contributed by atoms with Crippen LogP contribution in [0.4, 0.5) is 0 Å². The highest BCUT2D eigenvalue weighted by atomic mass is 16.3. The maximum atomic E-state index is 8.38. The molecule has 0 aliphatic rings. The monoisotopic (exact) mass is 405 g/mol. The predicted octanol–water partition coefficient (Wildman–Crippen LogP) is 6.51. The third-order valence-electron chi connectivity index (χ3n) is 5.67. The van der Waals surface area contributed by atoms with Crippen molar-refractivity contribution in [2.45, 2.75) is 19.7 Å². The first kappa shape index (κ1) is 16.8. The van der Waals surface area contributed by atoms with Gasteiger partial charge in [0.05, 0.1) is 11.8 Å². The van der Waals surface area contributed by atoms with Crippen LogP contribution in [0.15, 0.2) is 83.7 Å². The molecule has 0 bridgehead atoms. The van der Waals surface area contributed by atoms with Crippen molar-refractivity contribution in [3.05, 3.63) is 84.8 Å². The van der Waals surface area contributed by atoms with Gasteiger partial charge in [-0.3, -0.25) is 4.57 Å². The Balaban J connectivity index is 1.67. The van der Waals surface area contributed by atoms with E-state index in [1.807, 2.05) is 74.5 Å². The van der Waals surface area contributed by atoms with E-state index >= 15 is 0 Å². The number of benzene rings is 3. The van der Waals surface area contributed by atoms with Crippen molar-refractivity contribution in [2.75, 3.05) is 0 Å². The number of hydrogen-bond acceptors (Lipinski definition) is 4. The molecule has 0 aliphatic carbocycles. The van der Waals surface area contributed by atoms with Crippen molar-refractivity contribution in [2.24, 2.45) is 0 Å². The molecule has 31 heavy (non-hydrogen) atoms. The highest BCUT2D eigenvalue weighted by Crippen LogP contribution is 2.38. The Morgan fingerprint density at radius 3 is 2.68 bits per heavy atom. The number of para-hydroxylation sites is 2. The maximum absolute atomic E-state index is 8.38. The fourth-order valence-electron chi connectivity index (χ4n) is 4.13. The molecule has 0 saturated carbocycles. The molecular formula is C26H20N4O. The van der Waals surface area contributed by atoms with Crippen LogP contribution >= 0.6 is 0 Å². The molecule has 0 amide bonds. The molecule has 0 fully saturated rings. The summed E-state index contributed by atoms with van der Waals surface area (Å²) in [6.07, 6.45) is 3.30. The molecule has 0 aliphatic heterocycles. The molecule has 0 unspecified atom stereocenters. The molecule has 6 rings (SSSR count). The van der Waals surface area contributed by atoms with E-state index in [0.29, 0.717) is 5.65 Å². The van der Waals surface area contributed by atoms with Crippen LogP contribution in [0.1, 0.15) is 26.7 Å².